The molecule has 2 nitrogen and oxygen atoms in total. The molecule has 0 aromatic heterocycles. The fourth-order valence-electron chi connectivity index (χ4n) is 1.71. The van der Waals surface area contributed by atoms with E-state index in [4.69, 9.17) is 0 Å². The van der Waals surface area contributed by atoms with Gasteiger partial charge in [0.1, 0.15) is 0 Å². The number of benzene rings is 2. The first-order chi connectivity index (χ1) is 9.95. The Hall–Kier alpha value is -1.40. The first-order valence-electron chi connectivity index (χ1n) is 6.08. The summed E-state index contributed by atoms with van der Waals surface area (Å²) in [6.07, 6.45) is 0. The SMILES string of the molecule is Cc1cc(C(=O)Nc2ccc(SC(F)F)cc2)ccc1Br. The molecule has 0 bridgehead atoms. The summed E-state index contributed by atoms with van der Waals surface area (Å²) in [5.74, 6) is -2.68. The Morgan fingerprint density at radius 3 is 2.43 bits per heavy atom. The lowest BCUT2D eigenvalue weighted by molar-refractivity contribution is 0.102. The minimum Gasteiger partial charge on any atom is -0.322 e. The highest BCUT2D eigenvalue weighted by atomic mass is 79.9. The third-order valence-electron chi connectivity index (χ3n) is 2.76. The minimum absolute atomic E-state index is 0.236. The van der Waals surface area contributed by atoms with Crippen LogP contribution >= 0.6 is 27.7 Å². The first-order valence-corrected chi connectivity index (χ1v) is 7.75. The van der Waals surface area contributed by atoms with Crippen LogP contribution in [-0.4, -0.2) is 11.7 Å². The van der Waals surface area contributed by atoms with Crippen molar-refractivity contribution in [3.63, 3.8) is 0 Å². The second-order valence-electron chi connectivity index (χ2n) is 4.32. The van der Waals surface area contributed by atoms with Crippen LogP contribution < -0.4 is 5.32 Å². The average Bonchev–Trinajstić information content (AvgIpc) is 2.43. The molecule has 0 aliphatic heterocycles. The maximum absolute atomic E-state index is 12.2. The highest BCUT2D eigenvalue weighted by Crippen LogP contribution is 2.26. The summed E-state index contributed by atoms with van der Waals surface area (Å²) in [5.41, 5.74) is 2.08. The minimum atomic E-state index is -2.45. The van der Waals surface area contributed by atoms with E-state index < -0.39 is 5.76 Å². The maximum Gasteiger partial charge on any atom is 0.288 e. The Kier molecular flexibility index (Phi) is 5.36. The van der Waals surface area contributed by atoms with Gasteiger partial charge < -0.3 is 5.32 Å². The van der Waals surface area contributed by atoms with Crippen LogP contribution in [0.3, 0.4) is 0 Å². The predicted octanol–water partition coefficient (Wildman–Crippen LogP) is 5.32. The lowest BCUT2D eigenvalue weighted by atomic mass is 10.1. The fourth-order valence-corrected chi connectivity index (χ4v) is 2.45. The predicted molar refractivity (Wildman–Crippen MR) is 85.1 cm³/mol. The van der Waals surface area contributed by atoms with E-state index in [0.29, 0.717) is 27.9 Å². The van der Waals surface area contributed by atoms with Crippen LogP contribution in [-0.2, 0) is 0 Å². The molecule has 0 fully saturated rings. The molecule has 0 aliphatic carbocycles. The molecule has 6 heteroatoms. The van der Waals surface area contributed by atoms with E-state index in [1.807, 2.05) is 13.0 Å². The van der Waals surface area contributed by atoms with Crippen molar-refractivity contribution in [1.82, 2.24) is 0 Å². The monoisotopic (exact) mass is 371 g/mol. The van der Waals surface area contributed by atoms with Crippen molar-refractivity contribution in [3.8, 4) is 0 Å². The molecule has 2 aromatic rings. The van der Waals surface area contributed by atoms with Crippen LogP contribution in [0.2, 0.25) is 0 Å². The number of hydrogen-bond donors (Lipinski definition) is 1. The van der Waals surface area contributed by atoms with E-state index in [-0.39, 0.29) is 5.91 Å². The van der Waals surface area contributed by atoms with Gasteiger partial charge in [-0.1, -0.05) is 27.7 Å². The van der Waals surface area contributed by atoms with Crippen LogP contribution in [0.25, 0.3) is 0 Å². The Labute approximate surface area is 134 Å². The van der Waals surface area contributed by atoms with Gasteiger partial charge in [-0.05, 0) is 55.0 Å². The number of hydrogen-bond acceptors (Lipinski definition) is 2. The molecule has 1 amide bonds. The molecule has 0 heterocycles. The van der Waals surface area contributed by atoms with E-state index >= 15 is 0 Å². The number of alkyl halides is 2. The summed E-state index contributed by atoms with van der Waals surface area (Å²) in [5, 5.41) is 2.73. The number of rotatable bonds is 4. The van der Waals surface area contributed by atoms with Gasteiger partial charge in [-0.25, -0.2) is 0 Å². The molecule has 2 aromatic carbocycles. The van der Waals surface area contributed by atoms with Gasteiger partial charge in [0, 0.05) is 20.6 Å². The second-order valence-corrected chi connectivity index (χ2v) is 6.24. The molecule has 110 valence electrons. The van der Waals surface area contributed by atoms with Gasteiger partial charge >= 0.3 is 0 Å². The largest absolute Gasteiger partial charge is 0.322 e. The molecule has 1 N–H and O–H groups in total. The number of carbonyl (C=O) groups excluding carboxylic acids is 1. The summed E-state index contributed by atoms with van der Waals surface area (Å²) in [7, 11) is 0. The molecule has 0 saturated heterocycles. The number of thioether (sulfide) groups is 1. The zero-order valence-electron chi connectivity index (χ0n) is 11.1. The van der Waals surface area contributed by atoms with Crippen molar-refractivity contribution < 1.29 is 13.6 Å². The third-order valence-corrected chi connectivity index (χ3v) is 4.37. The molecular formula is C15H12BrF2NOS. The van der Waals surface area contributed by atoms with Crippen molar-refractivity contribution >= 4 is 39.3 Å². The van der Waals surface area contributed by atoms with Crippen molar-refractivity contribution in [2.24, 2.45) is 0 Å². The number of carbonyl (C=O) groups is 1. The number of anilines is 1. The van der Waals surface area contributed by atoms with E-state index in [2.05, 4.69) is 21.2 Å². The van der Waals surface area contributed by atoms with E-state index in [1.165, 1.54) is 0 Å². The number of halogens is 3. The molecule has 0 unspecified atom stereocenters. The van der Waals surface area contributed by atoms with Crippen LogP contribution in [0.15, 0.2) is 51.8 Å². The van der Waals surface area contributed by atoms with Crippen molar-refractivity contribution in [2.75, 3.05) is 5.32 Å². The number of aryl methyl sites for hydroxylation is 1. The summed E-state index contributed by atoms with van der Waals surface area (Å²) >= 11 is 3.85. The number of nitrogens with one attached hydrogen (secondary N) is 1. The van der Waals surface area contributed by atoms with Gasteiger partial charge in [-0.15, -0.1) is 0 Å². The van der Waals surface area contributed by atoms with Crippen LogP contribution in [0.1, 0.15) is 15.9 Å². The van der Waals surface area contributed by atoms with E-state index in [0.717, 1.165) is 10.0 Å². The first kappa shape index (κ1) is 16.0. The lowest BCUT2D eigenvalue weighted by Gasteiger charge is -2.07. The Morgan fingerprint density at radius 1 is 1.19 bits per heavy atom. The van der Waals surface area contributed by atoms with Gasteiger partial charge in [0.2, 0.25) is 0 Å². The lowest BCUT2D eigenvalue weighted by Crippen LogP contribution is -2.11. The molecule has 0 saturated carbocycles. The van der Waals surface area contributed by atoms with Crippen LogP contribution in [0.5, 0.6) is 0 Å². The van der Waals surface area contributed by atoms with Gasteiger partial charge in [0.25, 0.3) is 11.7 Å². The Bertz CT molecular complexity index is 647. The number of amides is 1. The van der Waals surface area contributed by atoms with Gasteiger partial charge in [-0.3, -0.25) is 4.79 Å². The maximum atomic E-state index is 12.2. The molecule has 21 heavy (non-hydrogen) atoms. The van der Waals surface area contributed by atoms with Crippen LogP contribution in [0.4, 0.5) is 14.5 Å². The molecule has 0 atom stereocenters. The Morgan fingerprint density at radius 2 is 1.86 bits per heavy atom. The van der Waals surface area contributed by atoms with Crippen molar-refractivity contribution in [1.29, 1.82) is 0 Å². The van der Waals surface area contributed by atoms with Gasteiger partial charge in [0.15, 0.2) is 0 Å². The van der Waals surface area contributed by atoms with E-state index in [9.17, 15) is 13.6 Å². The molecule has 0 radical (unpaired) electrons. The van der Waals surface area contributed by atoms with Gasteiger partial charge in [-0.2, -0.15) is 8.78 Å². The zero-order valence-corrected chi connectivity index (χ0v) is 13.5. The van der Waals surface area contributed by atoms with Crippen LogP contribution in [0, 0.1) is 6.92 Å². The summed E-state index contributed by atoms with van der Waals surface area (Å²) in [6.45, 7) is 1.90. The summed E-state index contributed by atoms with van der Waals surface area (Å²) < 4.78 is 25.4. The van der Waals surface area contributed by atoms with Gasteiger partial charge in [0.05, 0.1) is 0 Å². The summed E-state index contributed by atoms with van der Waals surface area (Å²) in [4.78, 5) is 12.5. The molecule has 0 spiro atoms. The topological polar surface area (TPSA) is 29.1 Å². The van der Waals surface area contributed by atoms with Crippen molar-refractivity contribution in [3.05, 3.63) is 58.1 Å². The molecular weight excluding hydrogens is 360 g/mol. The highest BCUT2D eigenvalue weighted by Gasteiger charge is 2.09. The quantitative estimate of drug-likeness (QED) is 0.736. The summed E-state index contributed by atoms with van der Waals surface area (Å²) in [6, 6.07) is 11.6. The fraction of sp³-hybridized carbons (Fsp3) is 0.133. The molecule has 0 aliphatic rings. The normalized spacial score (nSPS) is 10.7. The Balaban J connectivity index is 2.06. The highest BCUT2D eigenvalue weighted by molar-refractivity contribution is 9.10. The average molecular weight is 372 g/mol. The smallest absolute Gasteiger partial charge is 0.288 e. The second kappa shape index (κ2) is 7.04. The van der Waals surface area contributed by atoms with E-state index in [1.54, 1.807) is 36.4 Å². The zero-order chi connectivity index (χ0) is 15.4. The van der Waals surface area contributed by atoms with Crippen molar-refractivity contribution in [2.45, 2.75) is 17.6 Å². The third kappa shape index (κ3) is 4.54. The standard InChI is InChI=1S/C15H12BrF2NOS/c1-9-8-10(2-7-13(9)16)14(20)19-11-3-5-12(6-4-11)21-15(17)18/h2-8,15H,1H3,(H,19,20). The molecule has 2 rings (SSSR count).